The molecule has 0 radical (unpaired) electrons. The highest BCUT2D eigenvalue weighted by molar-refractivity contribution is 8.01. The van der Waals surface area contributed by atoms with Crippen LogP contribution in [-0.2, 0) is 0 Å². The van der Waals surface area contributed by atoms with E-state index >= 15 is 0 Å². The van der Waals surface area contributed by atoms with Crippen LogP contribution < -0.4 is 11.1 Å². The van der Waals surface area contributed by atoms with Gasteiger partial charge in [-0.15, -0.1) is 0 Å². The van der Waals surface area contributed by atoms with E-state index in [0.29, 0.717) is 28.5 Å². The van der Waals surface area contributed by atoms with E-state index in [0.717, 1.165) is 24.7 Å². The molecule has 3 saturated heterocycles. The molecule has 132 valence electrons. The lowest BCUT2D eigenvalue weighted by Gasteiger charge is -2.52. The number of nitrogens with one attached hydrogen (secondary N) is 1. The lowest BCUT2D eigenvalue weighted by Crippen LogP contribution is -2.62. The molecule has 6 heteroatoms. The lowest BCUT2D eigenvalue weighted by molar-refractivity contribution is 0.0208. The molecule has 0 aromatic heterocycles. The summed E-state index contributed by atoms with van der Waals surface area (Å²) in [6, 6.07) is 8.97. The van der Waals surface area contributed by atoms with Crippen molar-refractivity contribution in [3.63, 3.8) is 0 Å². The van der Waals surface area contributed by atoms with Crippen LogP contribution in [0.1, 0.15) is 38.3 Å². The van der Waals surface area contributed by atoms with Crippen molar-refractivity contribution in [3.05, 3.63) is 34.9 Å². The smallest absolute Gasteiger partial charge is 0.115 e. The lowest BCUT2D eigenvalue weighted by atomic mass is 9.81. The number of fused-ring (bicyclic) bond motifs is 1. The number of benzene rings is 1. The van der Waals surface area contributed by atoms with Crippen molar-refractivity contribution in [2.24, 2.45) is 11.1 Å². The van der Waals surface area contributed by atoms with Crippen molar-refractivity contribution < 1.29 is 0 Å². The van der Waals surface area contributed by atoms with Crippen molar-refractivity contribution in [1.82, 2.24) is 15.1 Å². The molecule has 0 saturated carbocycles. The Labute approximate surface area is 154 Å². The summed E-state index contributed by atoms with van der Waals surface area (Å²) in [4.78, 5) is 5.25. The second-order valence-electron chi connectivity index (χ2n) is 7.72. The second-order valence-corrected chi connectivity index (χ2v) is 9.27. The summed E-state index contributed by atoms with van der Waals surface area (Å²) in [7, 11) is 0. The molecular formula is C18H27ClN4S. The first-order valence-corrected chi connectivity index (χ1v) is 10.2. The van der Waals surface area contributed by atoms with Gasteiger partial charge in [0.1, 0.15) is 11.0 Å². The monoisotopic (exact) mass is 366 g/mol. The highest BCUT2D eigenvalue weighted by Gasteiger charge is 2.53. The Morgan fingerprint density at radius 2 is 2.04 bits per heavy atom. The van der Waals surface area contributed by atoms with Gasteiger partial charge < -0.3 is 5.73 Å². The van der Waals surface area contributed by atoms with Crippen LogP contribution in [0.4, 0.5) is 0 Å². The van der Waals surface area contributed by atoms with Crippen molar-refractivity contribution in [2.75, 3.05) is 19.6 Å². The third-order valence-electron chi connectivity index (χ3n) is 6.10. The van der Waals surface area contributed by atoms with Gasteiger partial charge in [-0.2, -0.15) is 0 Å². The number of hydrogen-bond donors (Lipinski definition) is 2. The Bertz CT molecular complexity index is 604. The number of piperidine rings is 1. The average molecular weight is 367 g/mol. The van der Waals surface area contributed by atoms with E-state index < -0.39 is 0 Å². The SMILES string of the molecule is CC1C(c2ccccc2Cl)NC2SC(N3CCC(C)(CN)CC3)N21. The standard InChI is InChI=1S/C18H27ClN4S/c1-12-15(13-5-3-4-6-14(13)19)21-16-23(12)17(24-16)22-9-7-18(2,11-20)8-10-22/h3-6,12,15-17,21H,7-11,20H2,1-2H3. The van der Waals surface area contributed by atoms with Crippen molar-refractivity contribution >= 4 is 23.4 Å². The summed E-state index contributed by atoms with van der Waals surface area (Å²) in [6.07, 6.45) is 2.41. The number of nitrogens with zero attached hydrogens (tertiary/aromatic N) is 2. The number of halogens is 1. The van der Waals surface area contributed by atoms with Gasteiger partial charge in [-0.05, 0) is 43.4 Å². The zero-order chi connectivity index (χ0) is 16.9. The van der Waals surface area contributed by atoms with E-state index in [1.54, 1.807) is 0 Å². The highest BCUT2D eigenvalue weighted by Crippen LogP contribution is 2.49. The summed E-state index contributed by atoms with van der Waals surface area (Å²) in [5, 5.41) is 4.62. The van der Waals surface area contributed by atoms with Gasteiger partial charge in [0.05, 0.1) is 6.04 Å². The Morgan fingerprint density at radius 1 is 1.33 bits per heavy atom. The first-order valence-electron chi connectivity index (χ1n) is 8.90. The molecule has 0 aliphatic carbocycles. The molecule has 0 amide bonds. The van der Waals surface area contributed by atoms with Gasteiger partial charge in [-0.25, -0.2) is 4.90 Å². The second kappa shape index (κ2) is 6.45. The zero-order valence-electron chi connectivity index (χ0n) is 14.4. The Kier molecular flexibility index (Phi) is 4.61. The normalized spacial score (nSPS) is 36.3. The van der Waals surface area contributed by atoms with Gasteiger partial charge in [-0.3, -0.25) is 10.2 Å². The first kappa shape index (κ1) is 17.1. The highest BCUT2D eigenvalue weighted by atomic mass is 35.5. The Hall–Kier alpha value is -0.300. The molecule has 0 bridgehead atoms. The largest absolute Gasteiger partial charge is 0.330 e. The summed E-state index contributed by atoms with van der Waals surface area (Å²) in [5.41, 5.74) is 8.41. The molecule has 4 unspecified atom stereocenters. The van der Waals surface area contributed by atoms with Crippen LogP contribution in [0.2, 0.25) is 5.02 Å². The van der Waals surface area contributed by atoms with Gasteiger partial charge in [0.2, 0.25) is 0 Å². The van der Waals surface area contributed by atoms with Crippen LogP contribution in [0.15, 0.2) is 24.3 Å². The van der Waals surface area contributed by atoms with Crippen LogP contribution in [0.25, 0.3) is 0 Å². The Morgan fingerprint density at radius 3 is 2.71 bits per heavy atom. The predicted octanol–water partition coefficient (Wildman–Crippen LogP) is 3.05. The molecule has 0 spiro atoms. The molecule has 4 rings (SSSR count). The molecule has 4 atom stereocenters. The molecular weight excluding hydrogens is 340 g/mol. The molecule has 3 aliphatic rings. The summed E-state index contributed by atoms with van der Waals surface area (Å²) >= 11 is 8.46. The maximum absolute atomic E-state index is 6.43. The summed E-state index contributed by atoms with van der Waals surface area (Å²) < 4.78 is 0. The van der Waals surface area contributed by atoms with E-state index in [9.17, 15) is 0 Å². The fraction of sp³-hybridized carbons (Fsp3) is 0.667. The minimum atomic E-state index is 0.306. The van der Waals surface area contributed by atoms with Crippen LogP contribution in [0, 0.1) is 5.41 Å². The fourth-order valence-corrected chi connectivity index (χ4v) is 5.95. The quantitative estimate of drug-likeness (QED) is 0.860. The van der Waals surface area contributed by atoms with Crippen LogP contribution >= 0.6 is 23.4 Å². The molecule has 1 aromatic carbocycles. The molecule has 1 aromatic rings. The molecule has 3 heterocycles. The van der Waals surface area contributed by atoms with E-state index in [4.69, 9.17) is 17.3 Å². The minimum Gasteiger partial charge on any atom is -0.330 e. The number of thioether (sulfide) groups is 1. The summed E-state index contributed by atoms with van der Waals surface area (Å²) in [6.45, 7) is 7.75. The van der Waals surface area contributed by atoms with Crippen LogP contribution in [0.3, 0.4) is 0 Å². The Balaban J connectivity index is 1.44. The van der Waals surface area contributed by atoms with E-state index in [1.807, 2.05) is 23.9 Å². The van der Waals surface area contributed by atoms with E-state index in [-0.39, 0.29) is 0 Å². The maximum atomic E-state index is 6.43. The van der Waals surface area contributed by atoms with Gasteiger partial charge in [0.25, 0.3) is 0 Å². The fourth-order valence-electron chi connectivity index (χ4n) is 4.16. The number of hydrogen-bond acceptors (Lipinski definition) is 5. The van der Waals surface area contributed by atoms with Crippen LogP contribution in [-0.4, -0.2) is 46.5 Å². The number of rotatable bonds is 3. The third-order valence-corrected chi connectivity index (χ3v) is 7.87. The topological polar surface area (TPSA) is 44.5 Å². The predicted molar refractivity (Wildman–Crippen MR) is 102 cm³/mol. The molecule has 3 N–H and O–H groups in total. The van der Waals surface area contributed by atoms with Crippen LogP contribution in [0.5, 0.6) is 0 Å². The third kappa shape index (κ3) is 2.79. The van der Waals surface area contributed by atoms with Crippen molar-refractivity contribution in [3.8, 4) is 0 Å². The molecule has 4 nitrogen and oxygen atoms in total. The van der Waals surface area contributed by atoms with E-state index in [1.165, 1.54) is 18.4 Å². The first-order chi connectivity index (χ1) is 11.5. The van der Waals surface area contributed by atoms with Gasteiger partial charge in [-0.1, -0.05) is 48.5 Å². The summed E-state index contributed by atoms with van der Waals surface area (Å²) in [5.74, 6) is 0. The molecule has 24 heavy (non-hydrogen) atoms. The van der Waals surface area contributed by atoms with Crippen molar-refractivity contribution in [1.29, 1.82) is 0 Å². The molecule has 3 fully saturated rings. The average Bonchev–Trinajstić information content (AvgIpc) is 2.81. The number of nitrogens with two attached hydrogens (primary N) is 1. The van der Waals surface area contributed by atoms with Crippen molar-refractivity contribution in [2.45, 2.75) is 49.8 Å². The van der Waals surface area contributed by atoms with Gasteiger partial charge in [0.15, 0.2) is 0 Å². The maximum Gasteiger partial charge on any atom is 0.115 e. The zero-order valence-corrected chi connectivity index (χ0v) is 16.0. The van der Waals surface area contributed by atoms with Gasteiger partial charge >= 0.3 is 0 Å². The molecule has 3 aliphatic heterocycles. The van der Waals surface area contributed by atoms with E-state index in [2.05, 4.69) is 41.1 Å². The minimum absolute atomic E-state index is 0.306. The van der Waals surface area contributed by atoms with Gasteiger partial charge in [0, 0.05) is 24.2 Å². The number of likely N-dealkylation sites (tertiary alicyclic amines) is 1.